The van der Waals surface area contributed by atoms with Crippen molar-refractivity contribution in [1.82, 2.24) is 20.3 Å². The van der Waals surface area contributed by atoms with Gasteiger partial charge in [-0.25, -0.2) is 9.97 Å². The third-order valence-corrected chi connectivity index (χ3v) is 5.28. The van der Waals surface area contributed by atoms with Crippen LogP contribution in [0.1, 0.15) is 16.1 Å². The minimum absolute atomic E-state index is 0. The summed E-state index contributed by atoms with van der Waals surface area (Å²) < 4.78 is 0. The molecule has 0 fully saturated rings. The molecule has 1 aliphatic rings. The Labute approximate surface area is 163 Å². The van der Waals surface area contributed by atoms with Gasteiger partial charge >= 0.3 is 0 Å². The molecular weight excluding hydrogens is 366 g/mol. The highest BCUT2D eigenvalue weighted by molar-refractivity contribution is 7.09. The molecule has 136 valence electrons. The number of pyridine rings is 1. The number of aromatic nitrogens is 3. The van der Waals surface area contributed by atoms with Crippen molar-refractivity contribution in [1.29, 1.82) is 0 Å². The maximum atomic E-state index is 4.83. The van der Waals surface area contributed by atoms with E-state index >= 15 is 0 Å². The van der Waals surface area contributed by atoms with Gasteiger partial charge in [-0.15, -0.1) is 23.7 Å². The number of hydrogen-bond donors (Lipinski definition) is 2. The highest BCUT2D eigenvalue weighted by atomic mass is 35.5. The molecule has 4 heterocycles. The molecule has 26 heavy (non-hydrogen) atoms. The van der Waals surface area contributed by atoms with Crippen molar-refractivity contribution in [3.05, 3.63) is 58.2 Å². The molecule has 0 unspecified atom stereocenters. The van der Waals surface area contributed by atoms with E-state index in [2.05, 4.69) is 33.1 Å². The highest BCUT2D eigenvalue weighted by Gasteiger charge is 2.17. The average Bonchev–Trinajstić information content (AvgIpc) is 3.05. The van der Waals surface area contributed by atoms with Gasteiger partial charge in [0.25, 0.3) is 0 Å². The third kappa shape index (κ3) is 4.38. The maximum absolute atomic E-state index is 4.83. The molecule has 0 aliphatic carbocycles. The fourth-order valence-electron chi connectivity index (χ4n) is 3.07. The normalized spacial score (nSPS) is 13.4. The molecular formula is C19H22ClN5S. The van der Waals surface area contributed by atoms with Gasteiger partial charge in [-0.2, -0.15) is 0 Å². The van der Waals surface area contributed by atoms with E-state index in [0.29, 0.717) is 0 Å². The summed E-state index contributed by atoms with van der Waals surface area (Å²) in [5.74, 6) is 1.73. The zero-order chi connectivity index (χ0) is 16.9. The van der Waals surface area contributed by atoms with Crippen LogP contribution in [0.4, 0.5) is 5.82 Å². The van der Waals surface area contributed by atoms with Crippen LogP contribution in [-0.2, 0) is 19.3 Å². The number of fused-ring (bicyclic) bond motifs is 1. The van der Waals surface area contributed by atoms with E-state index in [1.54, 1.807) is 17.5 Å². The predicted molar refractivity (Wildman–Crippen MR) is 109 cm³/mol. The summed E-state index contributed by atoms with van der Waals surface area (Å²) in [5, 5.41) is 9.13. The summed E-state index contributed by atoms with van der Waals surface area (Å²) in [6, 6.07) is 8.22. The number of nitrogens with one attached hydrogen (secondary N) is 2. The van der Waals surface area contributed by atoms with E-state index in [0.717, 1.165) is 61.8 Å². The van der Waals surface area contributed by atoms with Gasteiger partial charge < -0.3 is 10.6 Å². The predicted octanol–water partition coefficient (Wildman–Crippen LogP) is 3.36. The molecule has 3 aromatic heterocycles. The first-order valence-electron chi connectivity index (χ1n) is 8.67. The Hall–Kier alpha value is -2.02. The summed E-state index contributed by atoms with van der Waals surface area (Å²) in [6.07, 6.45) is 6.51. The van der Waals surface area contributed by atoms with Crippen LogP contribution >= 0.6 is 23.7 Å². The van der Waals surface area contributed by atoms with Crippen LogP contribution in [0, 0.1) is 0 Å². The van der Waals surface area contributed by atoms with Crippen molar-refractivity contribution in [3.8, 4) is 11.4 Å². The Bertz CT molecular complexity index is 823. The minimum Gasteiger partial charge on any atom is -0.369 e. The van der Waals surface area contributed by atoms with Gasteiger partial charge in [0.1, 0.15) is 5.82 Å². The third-order valence-electron chi connectivity index (χ3n) is 4.35. The second-order valence-electron chi connectivity index (χ2n) is 6.07. The summed E-state index contributed by atoms with van der Waals surface area (Å²) >= 11 is 1.80. The lowest BCUT2D eigenvalue weighted by Gasteiger charge is -2.14. The van der Waals surface area contributed by atoms with Gasteiger partial charge in [0, 0.05) is 47.9 Å². The number of anilines is 1. The number of hydrogen-bond acceptors (Lipinski definition) is 6. The maximum Gasteiger partial charge on any atom is 0.163 e. The van der Waals surface area contributed by atoms with Crippen molar-refractivity contribution in [2.24, 2.45) is 0 Å². The SMILES string of the molecule is Cl.c1cncc(-c2nc3c(c(NCCc4cccs4)n2)CCNCC3)c1. The van der Waals surface area contributed by atoms with Crippen LogP contribution in [0.2, 0.25) is 0 Å². The number of halogens is 1. The van der Waals surface area contributed by atoms with Gasteiger partial charge in [-0.1, -0.05) is 6.07 Å². The smallest absolute Gasteiger partial charge is 0.163 e. The van der Waals surface area contributed by atoms with Crippen LogP contribution in [0.25, 0.3) is 11.4 Å². The minimum atomic E-state index is 0. The van der Waals surface area contributed by atoms with E-state index in [1.807, 2.05) is 18.3 Å². The molecule has 3 aromatic rings. The molecule has 0 radical (unpaired) electrons. The van der Waals surface area contributed by atoms with E-state index < -0.39 is 0 Å². The highest BCUT2D eigenvalue weighted by Crippen LogP contribution is 2.24. The first kappa shape index (κ1) is 18.8. The summed E-state index contributed by atoms with van der Waals surface area (Å²) in [5.41, 5.74) is 3.37. The van der Waals surface area contributed by atoms with Crippen LogP contribution in [0.15, 0.2) is 42.0 Å². The molecule has 2 N–H and O–H groups in total. The largest absolute Gasteiger partial charge is 0.369 e. The Morgan fingerprint density at radius 1 is 1.12 bits per heavy atom. The Kier molecular flexibility index (Phi) is 6.55. The van der Waals surface area contributed by atoms with Crippen molar-refractivity contribution in [2.45, 2.75) is 19.3 Å². The van der Waals surface area contributed by atoms with E-state index in [9.17, 15) is 0 Å². The van der Waals surface area contributed by atoms with E-state index in [1.165, 1.54) is 10.4 Å². The van der Waals surface area contributed by atoms with Crippen LogP contribution in [-0.4, -0.2) is 34.6 Å². The topological polar surface area (TPSA) is 62.7 Å². The lowest BCUT2D eigenvalue weighted by molar-refractivity contribution is 0.708. The summed E-state index contributed by atoms with van der Waals surface area (Å²) in [4.78, 5) is 15.3. The lowest BCUT2D eigenvalue weighted by atomic mass is 10.1. The van der Waals surface area contributed by atoms with Crippen LogP contribution in [0.3, 0.4) is 0 Å². The standard InChI is InChI=1S/C19H21N5S.ClH/c1-3-14(13-21-8-1)18-23-17-7-10-20-9-6-16(17)19(24-18)22-11-5-15-4-2-12-25-15;/h1-4,8,12-13,20H,5-7,9-11H2,(H,22,23,24);1H. The Balaban J connectivity index is 0.00000196. The summed E-state index contributed by atoms with van der Waals surface area (Å²) in [6.45, 7) is 2.82. The Morgan fingerprint density at radius 2 is 2.04 bits per heavy atom. The van der Waals surface area contributed by atoms with Gasteiger partial charge in [-0.05, 0) is 43.0 Å². The van der Waals surface area contributed by atoms with Crippen molar-refractivity contribution >= 4 is 29.6 Å². The molecule has 0 atom stereocenters. The van der Waals surface area contributed by atoms with Gasteiger partial charge in [-0.3, -0.25) is 4.98 Å². The quantitative estimate of drug-likeness (QED) is 0.702. The monoisotopic (exact) mass is 387 g/mol. The van der Waals surface area contributed by atoms with Crippen LogP contribution < -0.4 is 10.6 Å². The molecule has 0 aromatic carbocycles. The number of nitrogens with zero attached hydrogens (tertiary/aromatic N) is 3. The molecule has 1 aliphatic heterocycles. The van der Waals surface area contributed by atoms with Crippen molar-refractivity contribution < 1.29 is 0 Å². The van der Waals surface area contributed by atoms with Crippen LogP contribution in [0.5, 0.6) is 0 Å². The van der Waals surface area contributed by atoms with E-state index in [-0.39, 0.29) is 12.4 Å². The molecule has 5 nitrogen and oxygen atoms in total. The fraction of sp³-hybridized carbons (Fsp3) is 0.316. The van der Waals surface area contributed by atoms with Gasteiger partial charge in [0.2, 0.25) is 0 Å². The first-order chi connectivity index (χ1) is 12.4. The molecule has 7 heteroatoms. The molecule has 4 rings (SSSR count). The first-order valence-corrected chi connectivity index (χ1v) is 9.55. The van der Waals surface area contributed by atoms with Gasteiger partial charge in [0.15, 0.2) is 5.82 Å². The van der Waals surface area contributed by atoms with E-state index in [4.69, 9.17) is 9.97 Å². The second-order valence-corrected chi connectivity index (χ2v) is 7.10. The van der Waals surface area contributed by atoms with Crippen molar-refractivity contribution in [3.63, 3.8) is 0 Å². The molecule has 0 amide bonds. The molecule has 0 bridgehead atoms. The zero-order valence-corrected chi connectivity index (χ0v) is 16.1. The second kappa shape index (κ2) is 9.07. The van der Waals surface area contributed by atoms with Crippen molar-refractivity contribution in [2.75, 3.05) is 25.0 Å². The molecule has 0 spiro atoms. The number of rotatable bonds is 5. The van der Waals surface area contributed by atoms with Gasteiger partial charge in [0.05, 0.1) is 5.69 Å². The molecule has 0 saturated heterocycles. The molecule has 0 saturated carbocycles. The Morgan fingerprint density at radius 3 is 2.85 bits per heavy atom. The summed E-state index contributed by atoms with van der Waals surface area (Å²) in [7, 11) is 0. The average molecular weight is 388 g/mol. The number of thiophene rings is 1. The zero-order valence-electron chi connectivity index (χ0n) is 14.4. The fourth-order valence-corrected chi connectivity index (χ4v) is 3.78. The lowest BCUT2D eigenvalue weighted by Crippen LogP contribution is -2.16.